The number of carbonyl (C=O) groups excluding carboxylic acids is 3. The first kappa shape index (κ1) is 14.9. The minimum absolute atomic E-state index is 0.0223. The second-order valence-electron chi connectivity index (χ2n) is 3.26. The first-order valence-electron chi connectivity index (χ1n) is 4.75. The third-order valence-corrected chi connectivity index (χ3v) is 2.33. The topological polar surface area (TPSA) is 101 Å². The maximum absolute atomic E-state index is 11.3. The second-order valence-corrected chi connectivity index (χ2v) is 4.17. The van der Waals surface area contributed by atoms with E-state index in [2.05, 4.69) is 10.6 Å². The van der Waals surface area contributed by atoms with Gasteiger partial charge in [0.15, 0.2) is 0 Å². The van der Waals surface area contributed by atoms with Crippen LogP contribution in [0.15, 0.2) is 0 Å². The number of nitrogens with one attached hydrogen (secondary N) is 2. The van der Waals surface area contributed by atoms with Gasteiger partial charge < -0.3 is 16.4 Å². The zero-order valence-electron chi connectivity index (χ0n) is 9.41. The molecular formula is C9H17N3O3S. The van der Waals surface area contributed by atoms with Crippen molar-refractivity contribution in [1.82, 2.24) is 10.6 Å². The Balaban J connectivity index is 3.74. The maximum atomic E-state index is 11.3. The number of Topliss-reactive ketones (excluding diaryl/α,β-unsaturated/α-hetero) is 1. The van der Waals surface area contributed by atoms with E-state index in [9.17, 15) is 14.4 Å². The summed E-state index contributed by atoms with van der Waals surface area (Å²) in [5.41, 5.74) is 5.52. The van der Waals surface area contributed by atoms with Crippen LogP contribution in [0.5, 0.6) is 0 Å². The molecule has 0 saturated heterocycles. The second kappa shape index (κ2) is 8.12. The van der Waals surface area contributed by atoms with E-state index in [1.165, 1.54) is 18.7 Å². The Labute approximate surface area is 98.7 Å². The summed E-state index contributed by atoms with van der Waals surface area (Å²) < 4.78 is 0. The minimum atomic E-state index is -0.615. The number of ketones is 1. The third kappa shape index (κ3) is 7.24. The molecule has 0 unspecified atom stereocenters. The Morgan fingerprint density at radius 1 is 1.25 bits per heavy atom. The summed E-state index contributed by atoms with van der Waals surface area (Å²) in [6, 6.07) is -0.615. The van der Waals surface area contributed by atoms with Crippen molar-refractivity contribution >= 4 is 29.4 Å². The first-order valence-corrected chi connectivity index (χ1v) is 6.15. The van der Waals surface area contributed by atoms with Crippen molar-refractivity contribution in [3.8, 4) is 0 Å². The van der Waals surface area contributed by atoms with Crippen molar-refractivity contribution in [3.05, 3.63) is 0 Å². The summed E-state index contributed by atoms with van der Waals surface area (Å²) in [7, 11) is 0. The highest BCUT2D eigenvalue weighted by molar-refractivity contribution is 7.98. The largest absolute Gasteiger partial charge is 0.348 e. The summed E-state index contributed by atoms with van der Waals surface area (Å²) in [4.78, 5) is 32.9. The van der Waals surface area contributed by atoms with E-state index in [-0.39, 0.29) is 24.8 Å². The Morgan fingerprint density at radius 2 is 1.88 bits per heavy atom. The van der Waals surface area contributed by atoms with Crippen LogP contribution in [0.25, 0.3) is 0 Å². The van der Waals surface area contributed by atoms with Gasteiger partial charge in [-0.2, -0.15) is 11.8 Å². The lowest BCUT2D eigenvalue weighted by molar-refractivity contribution is -0.127. The number of hydrogen-bond acceptors (Lipinski definition) is 5. The number of thioether (sulfide) groups is 1. The molecule has 0 aromatic heterocycles. The minimum Gasteiger partial charge on any atom is -0.348 e. The molecule has 16 heavy (non-hydrogen) atoms. The molecule has 92 valence electrons. The maximum Gasteiger partial charge on any atom is 0.239 e. The normalized spacial score (nSPS) is 11.7. The van der Waals surface area contributed by atoms with Crippen LogP contribution in [-0.2, 0) is 14.4 Å². The lowest BCUT2D eigenvalue weighted by Crippen LogP contribution is -2.46. The van der Waals surface area contributed by atoms with E-state index in [0.717, 1.165) is 0 Å². The Kier molecular flexibility index (Phi) is 7.57. The smallest absolute Gasteiger partial charge is 0.239 e. The van der Waals surface area contributed by atoms with E-state index < -0.39 is 11.9 Å². The molecule has 2 amide bonds. The zero-order chi connectivity index (χ0) is 12.6. The molecule has 4 N–H and O–H groups in total. The fraction of sp³-hybridized carbons (Fsp3) is 0.667. The molecule has 0 radical (unpaired) electrons. The SMILES string of the molecule is CSC[C@H](N)C(=O)NCC(=O)NCC(C)=O. The van der Waals surface area contributed by atoms with Crippen LogP contribution >= 0.6 is 11.8 Å². The molecule has 0 aliphatic heterocycles. The van der Waals surface area contributed by atoms with Crippen molar-refractivity contribution in [3.63, 3.8) is 0 Å². The fourth-order valence-electron chi connectivity index (χ4n) is 0.839. The highest BCUT2D eigenvalue weighted by Gasteiger charge is 2.13. The number of hydrogen-bond donors (Lipinski definition) is 3. The Bertz CT molecular complexity index is 271. The highest BCUT2D eigenvalue weighted by Crippen LogP contribution is 1.93. The number of carbonyl (C=O) groups is 3. The predicted octanol–water partition coefficient (Wildman–Crippen LogP) is -1.50. The molecule has 0 aliphatic carbocycles. The lowest BCUT2D eigenvalue weighted by Gasteiger charge is -2.10. The summed E-state index contributed by atoms with van der Waals surface area (Å²) in [5, 5.41) is 4.75. The van der Waals surface area contributed by atoms with Gasteiger partial charge in [-0.25, -0.2) is 0 Å². The molecule has 0 rings (SSSR count). The van der Waals surface area contributed by atoms with Crippen molar-refractivity contribution in [2.24, 2.45) is 5.73 Å². The molecule has 0 spiro atoms. The summed E-state index contributed by atoms with van der Waals surface area (Å²) in [6.45, 7) is 1.19. The number of rotatable bonds is 7. The van der Waals surface area contributed by atoms with Crippen LogP contribution in [0.1, 0.15) is 6.92 Å². The Hall–Kier alpha value is -1.08. The van der Waals surface area contributed by atoms with Gasteiger partial charge in [-0.1, -0.05) is 0 Å². The summed E-state index contributed by atoms with van der Waals surface area (Å²) >= 11 is 1.46. The summed E-state index contributed by atoms with van der Waals surface area (Å²) in [6.07, 6.45) is 1.84. The van der Waals surface area contributed by atoms with Crippen LogP contribution in [0.3, 0.4) is 0 Å². The molecule has 0 aliphatic rings. The van der Waals surface area contributed by atoms with Gasteiger partial charge in [-0.3, -0.25) is 14.4 Å². The monoisotopic (exact) mass is 247 g/mol. The molecular weight excluding hydrogens is 230 g/mol. The quantitative estimate of drug-likeness (QED) is 0.508. The molecule has 0 heterocycles. The van der Waals surface area contributed by atoms with Gasteiger partial charge in [-0.05, 0) is 13.2 Å². The predicted molar refractivity (Wildman–Crippen MR) is 63.1 cm³/mol. The van der Waals surface area contributed by atoms with E-state index in [4.69, 9.17) is 5.73 Å². The average molecular weight is 247 g/mol. The van der Waals surface area contributed by atoms with Gasteiger partial charge in [0, 0.05) is 5.75 Å². The Morgan fingerprint density at radius 3 is 2.38 bits per heavy atom. The molecule has 0 saturated carbocycles. The zero-order valence-corrected chi connectivity index (χ0v) is 10.2. The first-order chi connectivity index (χ1) is 7.47. The van der Waals surface area contributed by atoms with Crippen molar-refractivity contribution in [2.75, 3.05) is 25.1 Å². The standard InChI is InChI=1S/C9H17N3O3S/c1-6(13)3-11-8(14)4-12-9(15)7(10)5-16-2/h7H,3-5,10H2,1-2H3,(H,11,14)(H,12,15)/t7-/m0/s1. The average Bonchev–Trinajstić information content (AvgIpc) is 2.23. The van der Waals surface area contributed by atoms with Crippen LogP contribution in [0.4, 0.5) is 0 Å². The molecule has 7 heteroatoms. The lowest BCUT2D eigenvalue weighted by atomic mass is 10.3. The number of nitrogens with two attached hydrogens (primary N) is 1. The van der Waals surface area contributed by atoms with E-state index in [0.29, 0.717) is 5.75 Å². The molecule has 0 aromatic carbocycles. The van der Waals surface area contributed by atoms with Crippen molar-refractivity contribution in [1.29, 1.82) is 0 Å². The van der Waals surface area contributed by atoms with Gasteiger partial charge in [0.2, 0.25) is 11.8 Å². The van der Waals surface area contributed by atoms with Crippen molar-refractivity contribution in [2.45, 2.75) is 13.0 Å². The molecule has 1 atom stereocenters. The summed E-state index contributed by atoms with van der Waals surface area (Å²) in [5.74, 6) is -0.410. The van der Waals surface area contributed by atoms with Crippen LogP contribution < -0.4 is 16.4 Å². The van der Waals surface area contributed by atoms with E-state index >= 15 is 0 Å². The van der Waals surface area contributed by atoms with Crippen LogP contribution in [0.2, 0.25) is 0 Å². The molecule has 0 bridgehead atoms. The molecule has 0 aromatic rings. The van der Waals surface area contributed by atoms with E-state index in [1.54, 1.807) is 0 Å². The van der Waals surface area contributed by atoms with Crippen LogP contribution in [-0.4, -0.2) is 48.7 Å². The third-order valence-electron chi connectivity index (χ3n) is 1.64. The number of amides is 2. The molecule has 0 fully saturated rings. The fourth-order valence-corrected chi connectivity index (χ4v) is 1.35. The van der Waals surface area contributed by atoms with Gasteiger partial charge in [0.1, 0.15) is 5.78 Å². The highest BCUT2D eigenvalue weighted by atomic mass is 32.2. The van der Waals surface area contributed by atoms with Gasteiger partial charge >= 0.3 is 0 Å². The molecule has 6 nitrogen and oxygen atoms in total. The van der Waals surface area contributed by atoms with Gasteiger partial charge in [0.05, 0.1) is 19.1 Å². The van der Waals surface area contributed by atoms with Crippen LogP contribution in [0, 0.1) is 0 Å². The van der Waals surface area contributed by atoms with Gasteiger partial charge in [0.25, 0.3) is 0 Å². The van der Waals surface area contributed by atoms with Gasteiger partial charge in [-0.15, -0.1) is 0 Å². The van der Waals surface area contributed by atoms with Crippen molar-refractivity contribution < 1.29 is 14.4 Å². The van der Waals surface area contributed by atoms with E-state index in [1.807, 2.05) is 6.26 Å².